The third-order valence-corrected chi connectivity index (χ3v) is 2.19. The average molecular weight is 176 g/mol. The summed E-state index contributed by atoms with van der Waals surface area (Å²) in [5.74, 6) is 0.0956. The Hall–Kier alpha value is -1.04. The zero-order valence-corrected chi connectivity index (χ0v) is 6.76. The van der Waals surface area contributed by atoms with Crippen LogP contribution in [-0.2, 0) is 10.1 Å². The zero-order chi connectivity index (χ0) is 8.32. The van der Waals surface area contributed by atoms with Crippen molar-refractivity contribution in [3.63, 3.8) is 0 Å². The van der Waals surface area contributed by atoms with E-state index < -0.39 is 10.1 Å². The molecule has 1 N–H and O–H groups in total. The molecule has 62 valence electrons. The number of H-pyrrole nitrogens is 1. The number of hydrogen-bond acceptors (Lipinski definition) is 4. The fourth-order valence-corrected chi connectivity index (χ4v) is 0.969. The van der Waals surface area contributed by atoms with E-state index in [9.17, 15) is 8.42 Å². The number of aromatic nitrogens is 2. The Bertz CT molecular complexity index is 302. The zero-order valence-electron chi connectivity index (χ0n) is 5.94. The smallest absolute Gasteiger partial charge is 0.310 e. The SMILES string of the molecule is CCS(=O)(=O)Oc1ccn[nH]1. The fraction of sp³-hybridized carbons (Fsp3) is 0.400. The summed E-state index contributed by atoms with van der Waals surface area (Å²) in [4.78, 5) is 0. The predicted molar refractivity (Wildman–Crippen MR) is 38.7 cm³/mol. The Morgan fingerprint density at radius 1 is 1.73 bits per heavy atom. The van der Waals surface area contributed by atoms with Crippen LogP contribution in [0.3, 0.4) is 0 Å². The molecule has 0 atom stereocenters. The Morgan fingerprint density at radius 3 is 2.91 bits per heavy atom. The Kier molecular flexibility index (Phi) is 2.13. The number of nitrogens with zero attached hydrogens (tertiary/aromatic N) is 1. The highest BCUT2D eigenvalue weighted by Gasteiger charge is 2.08. The molecule has 0 saturated carbocycles. The molecule has 11 heavy (non-hydrogen) atoms. The Balaban J connectivity index is 2.72. The summed E-state index contributed by atoms with van der Waals surface area (Å²) in [6.45, 7) is 1.51. The summed E-state index contributed by atoms with van der Waals surface area (Å²) in [5, 5.41) is 5.90. The average Bonchev–Trinajstić information content (AvgIpc) is 2.39. The van der Waals surface area contributed by atoms with Crippen molar-refractivity contribution in [2.45, 2.75) is 6.92 Å². The second-order valence-corrected chi connectivity index (χ2v) is 3.71. The molecular formula is C5H8N2O3S. The van der Waals surface area contributed by atoms with E-state index in [0.29, 0.717) is 0 Å². The van der Waals surface area contributed by atoms with E-state index in [0.717, 1.165) is 0 Å². The van der Waals surface area contributed by atoms with Crippen LogP contribution >= 0.6 is 0 Å². The molecule has 5 nitrogen and oxygen atoms in total. The normalized spacial score (nSPS) is 11.4. The molecule has 1 heterocycles. The van der Waals surface area contributed by atoms with Gasteiger partial charge in [-0.15, -0.1) is 0 Å². The first-order valence-electron chi connectivity index (χ1n) is 3.05. The minimum Gasteiger partial charge on any atom is -0.362 e. The quantitative estimate of drug-likeness (QED) is 0.665. The highest BCUT2D eigenvalue weighted by Crippen LogP contribution is 2.05. The van der Waals surface area contributed by atoms with Crippen molar-refractivity contribution in [1.29, 1.82) is 0 Å². The molecule has 0 aromatic carbocycles. The van der Waals surface area contributed by atoms with Gasteiger partial charge in [-0.2, -0.15) is 13.5 Å². The van der Waals surface area contributed by atoms with Crippen LogP contribution in [0.1, 0.15) is 6.92 Å². The molecule has 0 aliphatic carbocycles. The molecule has 0 fully saturated rings. The van der Waals surface area contributed by atoms with E-state index in [1.54, 1.807) is 0 Å². The third kappa shape index (κ3) is 2.23. The minimum absolute atomic E-state index is 0.0496. The van der Waals surface area contributed by atoms with Gasteiger partial charge in [-0.25, -0.2) is 5.10 Å². The molecular weight excluding hydrogens is 168 g/mol. The number of nitrogens with one attached hydrogen (secondary N) is 1. The van der Waals surface area contributed by atoms with Crippen molar-refractivity contribution >= 4 is 10.1 Å². The van der Waals surface area contributed by atoms with Crippen molar-refractivity contribution in [2.75, 3.05) is 5.75 Å². The van der Waals surface area contributed by atoms with Gasteiger partial charge >= 0.3 is 10.1 Å². The number of hydrogen-bond donors (Lipinski definition) is 1. The van der Waals surface area contributed by atoms with Crippen molar-refractivity contribution in [3.8, 4) is 5.88 Å². The minimum atomic E-state index is -3.41. The van der Waals surface area contributed by atoms with Crippen molar-refractivity contribution in [2.24, 2.45) is 0 Å². The molecule has 0 saturated heterocycles. The van der Waals surface area contributed by atoms with Crippen LogP contribution in [0.5, 0.6) is 5.88 Å². The predicted octanol–water partition coefficient (Wildman–Crippen LogP) is 0.138. The standard InChI is InChI=1S/C5H8N2O3S/c1-2-11(8,9)10-5-3-4-6-7-5/h3-4H,2H2,1H3,(H,6,7). The molecule has 0 unspecified atom stereocenters. The van der Waals surface area contributed by atoms with Gasteiger partial charge in [-0.1, -0.05) is 0 Å². The molecule has 0 aliphatic heterocycles. The third-order valence-electron chi connectivity index (χ3n) is 1.05. The van der Waals surface area contributed by atoms with Crippen LogP contribution in [0.15, 0.2) is 12.3 Å². The molecule has 0 amide bonds. The number of rotatable bonds is 3. The lowest BCUT2D eigenvalue weighted by atomic mass is 10.7. The summed E-state index contributed by atoms with van der Waals surface area (Å²) >= 11 is 0. The first-order valence-corrected chi connectivity index (χ1v) is 4.63. The Labute approximate surface area is 64.5 Å². The summed E-state index contributed by atoms with van der Waals surface area (Å²) < 4.78 is 26.1. The van der Waals surface area contributed by atoms with Gasteiger partial charge < -0.3 is 4.18 Å². The first kappa shape index (κ1) is 8.06. The lowest BCUT2D eigenvalue weighted by molar-refractivity contribution is 0.476. The largest absolute Gasteiger partial charge is 0.362 e. The van der Waals surface area contributed by atoms with Crippen LogP contribution in [0.2, 0.25) is 0 Å². The van der Waals surface area contributed by atoms with Crippen LogP contribution in [0, 0.1) is 0 Å². The lowest BCUT2D eigenvalue weighted by Gasteiger charge is -1.99. The highest BCUT2D eigenvalue weighted by atomic mass is 32.2. The lowest BCUT2D eigenvalue weighted by Crippen LogP contribution is -2.11. The van der Waals surface area contributed by atoms with E-state index >= 15 is 0 Å². The van der Waals surface area contributed by atoms with E-state index in [2.05, 4.69) is 14.4 Å². The van der Waals surface area contributed by atoms with Gasteiger partial charge in [-0.3, -0.25) is 0 Å². The van der Waals surface area contributed by atoms with E-state index in [4.69, 9.17) is 0 Å². The highest BCUT2D eigenvalue weighted by molar-refractivity contribution is 7.87. The van der Waals surface area contributed by atoms with Crippen LogP contribution in [0.25, 0.3) is 0 Å². The second-order valence-electron chi connectivity index (χ2n) is 1.85. The van der Waals surface area contributed by atoms with Gasteiger partial charge in [0.15, 0.2) is 0 Å². The summed E-state index contributed by atoms with van der Waals surface area (Å²) in [6, 6.07) is 1.44. The van der Waals surface area contributed by atoms with Crippen molar-refractivity contribution < 1.29 is 12.6 Å². The summed E-state index contributed by atoms with van der Waals surface area (Å²) in [7, 11) is -3.41. The molecule has 0 spiro atoms. The number of aromatic amines is 1. The van der Waals surface area contributed by atoms with E-state index in [1.807, 2.05) is 0 Å². The van der Waals surface area contributed by atoms with Crippen LogP contribution < -0.4 is 4.18 Å². The van der Waals surface area contributed by atoms with Gasteiger partial charge in [0.2, 0.25) is 5.88 Å². The second kappa shape index (κ2) is 2.91. The maximum Gasteiger partial charge on any atom is 0.310 e. The van der Waals surface area contributed by atoms with Gasteiger partial charge in [-0.05, 0) is 6.92 Å². The monoisotopic (exact) mass is 176 g/mol. The molecule has 0 aliphatic rings. The van der Waals surface area contributed by atoms with Gasteiger partial charge in [0.05, 0.1) is 11.9 Å². The summed E-state index contributed by atoms with van der Waals surface area (Å²) in [5.41, 5.74) is 0. The first-order chi connectivity index (χ1) is 5.14. The van der Waals surface area contributed by atoms with Crippen molar-refractivity contribution in [1.82, 2.24) is 10.2 Å². The van der Waals surface area contributed by atoms with E-state index in [1.165, 1.54) is 19.2 Å². The Morgan fingerprint density at radius 2 is 2.45 bits per heavy atom. The molecule has 1 aromatic heterocycles. The van der Waals surface area contributed by atoms with Gasteiger partial charge in [0.1, 0.15) is 0 Å². The van der Waals surface area contributed by atoms with Gasteiger partial charge in [0, 0.05) is 6.07 Å². The van der Waals surface area contributed by atoms with Crippen LogP contribution in [0.4, 0.5) is 0 Å². The molecule has 0 radical (unpaired) electrons. The maximum atomic E-state index is 10.8. The molecule has 6 heteroatoms. The molecule has 1 aromatic rings. The van der Waals surface area contributed by atoms with Crippen molar-refractivity contribution in [3.05, 3.63) is 12.3 Å². The van der Waals surface area contributed by atoms with E-state index in [-0.39, 0.29) is 11.6 Å². The fourth-order valence-electron chi connectivity index (χ4n) is 0.485. The maximum absolute atomic E-state index is 10.8. The van der Waals surface area contributed by atoms with Gasteiger partial charge in [0.25, 0.3) is 0 Å². The van der Waals surface area contributed by atoms with Crippen LogP contribution in [-0.4, -0.2) is 24.4 Å². The summed E-state index contributed by atoms with van der Waals surface area (Å²) in [6.07, 6.45) is 1.42. The molecule has 0 bridgehead atoms. The topological polar surface area (TPSA) is 72.1 Å². The molecule has 1 rings (SSSR count).